The Labute approximate surface area is 314 Å². The number of amides is 5. The summed E-state index contributed by atoms with van der Waals surface area (Å²) >= 11 is 7.88. The summed E-state index contributed by atoms with van der Waals surface area (Å²) in [4.78, 5) is 70.9. The predicted molar refractivity (Wildman–Crippen MR) is 198 cm³/mol. The van der Waals surface area contributed by atoms with Crippen LogP contribution in [0.3, 0.4) is 0 Å². The molecule has 5 heterocycles. The highest BCUT2D eigenvalue weighted by Crippen LogP contribution is 2.40. The van der Waals surface area contributed by atoms with Gasteiger partial charge >= 0.3 is 0 Å². The number of carbonyl (C=O) groups is 5. The van der Waals surface area contributed by atoms with Crippen LogP contribution in [0.25, 0.3) is 5.00 Å². The highest BCUT2D eigenvalue weighted by atomic mass is 35.5. The molecule has 2 N–H and O–H groups in total. The molecule has 2 aromatic carbocycles. The number of nitrogens with one attached hydrogen (secondary N) is 2. The largest absolute Gasteiger partial charge is 0.493 e. The normalized spacial score (nSPS) is 17.9. The van der Waals surface area contributed by atoms with Crippen LogP contribution in [0.4, 0.5) is 0 Å². The fourth-order valence-corrected chi connectivity index (χ4v) is 8.31. The van der Waals surface area contributed by atoms with Gasteiger partial charge < -0.3 is 10.1 Å². The van der Waals surface area contributed by atoms with Crippen molar-refractivity contribution in [3.05, 3.63) is 91.8 Å². The third-order valence-corrected chi connectivity index (χ3v) is 11.3. The van der Waals surface area contributed by atoms with Gasteiger partial charge in [-0.25, -0.2) is 0 Å². The van der Waals surface area contributed by atoms with Crippen molar-refractivity contribution in [3.8, 4) is 10.8 Å². The van der Waals surface area contributed by atoms with Crippen LogP contribution >= 0.6 is 22.9 Å². The Morgan fingerprint density at radius 2 is 1.75 bits per heavy atom. The second-order valence-electron chi connectivity index (χ2n) is 13.3. The zero-order chi connectivity index (χ0) is 37.4. The van der Waals surface area contributed by atoms with E-state index in [1.807, 2.05) is 35.8 Å². The Bertz CT molecular complexity index is 2170. The van der Waals surface area contributed by atoms with Gasteiger partial charge in [0.2, 0.25) is 17.7 Å². The molecular weight excluding hydrogens is 718 g/mol. The molecule has 0 bridgehead atoms. The smallest absolute Gasteiger partial charge is 0.266 e. The third kappa shape index (κ3) is 7.00. The van der Waals surface area contributed by atoms with E-state index in [-0.39, 0.29) is 42.0 Å². The van der Waals surface area contributed by atoms with Crippen LogP contribution in [0.5, 0.6) is 5.75 Å². The van der Waals surface area contributed by atoms with Crippen molar-refractivity contribution in [2.24, 2.45) is 4.99 Å². The van der Waals surface area contributed by atoms with Crippen LogP contribution in [0.15, 0.2) is 47.5 Å². The summed E-state index contributed by atoms with van der Waals surface area (Å²) in [5.41, 5.74) is 4.16. The van der Waals surface area contributed by atoms with Crippen molar-refractivity contribution in [2.75, 3.05) is 13.2 Å². The Morgan fingerprint density at radius 1 is 0.981 bits per heavy atom. The predicted octanol–water partition coefficient (Wildman–Crippen LogP) is 5.35. The van der Waals surface area contributed by atoms with Gasteiger partial charge in [-0.05, 0) is 69.9 Å². The third-order valence-electron chi connectivity index (χ3n) is 9.82. The van der Waals surface area contributed by atoms with E-state index < -0.39 is 35.7 Å². The van der Waals surface area contributed by atoms with Gasteiger partial charge in [-0.2, -0.15) is 0 Å². The molecule has 0 spiro atoms. The molecule has 274 valence electrons. The number of piperidine rings is 1. The summed E-state index contributed by atoms with van der Waals surface area (Å²) in [7, 11) is 0. The first-order valence-corrected chi connectivity index (χ1v) is 18.8. The minimum Gasteiger partial charge on any atom is -0.493 e. The molecule has 0 aliphatic carbocycles. The molecule has 2 atom stereocenters. The summed E-state index contributed by atoms with van der Waals surface area (Å²) in [6, 6.07) is 10.8. The standard InChI is InChI=1S/C38H38ClN7O6S/c1-20-21(2)53-38-31(20)33(23-11-13-24(39)14-12-23)41-26(34-44-43-22(3)45(34)38)19-30(48)40-17-6-4-5-7-18-52-28-10-8-9-25-32(28)37(51)46(36(25)50)27-15-16-29(47)42-35(27)49/h8-14,26-27H,4-7,15-19H2,1-3H3,(H,40,48)(H,42,47,49)/t26-,27?/m0/s1. The number of aryl methyl sites for hydroxylation is 2. The quantitative estimate of drug-likeness (QED) is 0.144. The minimum absolute atomic E-state index is 0.0532. The van der Waals surface area contributed by atoms with Crippen LogP contribution in [-0.2, 0) is 14.4 Å². The second-order valence-corrected chi connectivity index (χ2v) is 15.0. The van der Waals surface area contributed by atoms with Crippen molar-refractivity contribution in [2.45, 2.75) is 77.8 Å². The van der Waals surface area contributed by atoms with Gasteiger partial charge in [-0.15, -0.1) is 21.5 Å². The maximum atomic E-state index is 13.3. The van der Waals surface area contributed by atoms with E-state index in [1.165, 1.54) is 10.9 Å². The lowest BCUT2D eigenvalue weighted by molar-refractivity contribution is -0.136. The molecule has 1 unspecified atom stereocenters. The number of imide groups is 2. The molecule has 2 aromatic heterocycles. The summed E-state index contributed by atoms with van der Waals surface area (Å²) in [6.07, 6.45) is 3.36. The number of unbranched alkanes of at least 4 members (excludes halogenated alkanes) is 3. The molecular formula is C38H38ClN7O6S. The fraction of sp³-hybridized carbons (Fsp3) is 0.368. The Kier molecular flexibility index (Phi) is 10.3. The van der Waals surface area contributed by atoms with Gasteiger partial charge in [0.1, 0.15) is 28.7 Å². The number of fused-ring (bicyclic) bond motifs is 4. The van der Waals surface area contributed by atoms with E-state index in [0.29, 0.717) is 30.4 Å². The Balaban J connectivity index is 0.917. The van der Waals surface area contributed by atoms with E-state index in [4.69, 9.17) is 21.3 Å². The molecule has 4 aromatic rings. The van der Waals surface area contributed by atoms with Crippen molar-refractivity contribution in [3.63, 3.8) is 0 Å². The number of benzene rings is 2. The number of ether oxygens (including phenoxy) is 1. The van der Waals surface area contributed by atoms with Crippen molar-refractivity contribution < 1.29 is 28.7 Å². The fourth-order valence-electron chi connectivity index (χ4n) is 6.98. The van der Waals surface area contributed by atoms with Crippen molar-refractivity contribution >= 4 is 58.2 Å². The first-order chi connectivity index (χ1) is 25.5. The number of rotatable bonds is 12. The minimum atomic E-state index is -1.03. The second kappa shape index (κ2) is 15.0. The number of nitrogens with zero attached hydrogens (tertiary/aromatic N) is 5. The lowest BCUT2D eigenvalue weighted by Crippen LogP contribution is -2.54. The summed E-state index contributed by atoms with van der Waals surface area (Å²) in [5.74, 6) is -0.735. The average molecular weight is 756 g/mol. The molecule has 13 nitrogen and oxygen atoms in total. The van der Waals surface area contributed by atoms with Gasteiger partial charge in [0.25, 0.3) is 11.8 Å². The number of thiophene rings is 1. The molecule has 0 radical (unpaired) electrons. The number of carbonyl (C=O) groups excluding carboxylic acids is 5. The molecule has 1 fully saturated rings. The SMILES string of the molecule is Cc1sc2c(c1C)C(c1ccc(Cl)cc1)=N[C@@H](CC(=O)NCCCCCCOc1cccc3c1C(=O)N(C1CCC(=O)NC1=O)C3=O)c1nnc(C)n1-2. The molecule has 5 amide bonds. The summed E-state index contributed by atoms with van der Waals surface area (Å²) in [6.45, 7) is 6.90. The molecule has 3 aliphatic heterocycles. The molecule has 3 aliphatic rings. The number of aromatic nitrogens is 3. The average Bonchev–Trinajstić information content (AvgIpc) is 3.71. The van der Waals surface area contributed by atoms with E-state index in [2.05, 4.69) is 34.7 Å². The van der Waals surface area contributed by atoms with E-state index >= 15 is 0 Å². The molecule has 0 saturated carbocycles. The van der Waals surface area contributed by atoms with E-state index in [1.54, 1.807) is 23.5 Å². The monoisotopic (exact) mass is 755 g/mol. The lowest BCUT2D eigenvalue weighted by Gasteiger charge is -2.27. The van der Waals surface area contributed by atoms with Crippen LogP contribution in [0, 0.1) is 20.8 Å². The number of hydrogen-bond donors (Lipinski definition) is 2. The zero-order valence-electron chi connectivity index (χ0n) is 29.5. The molecule has 1 saturated heterocycles. The first kappa shape index (κ1) is 36.2. The Morgan fingerprint density at radius 3 is 2.53 bits per heavy atom. The molecule has 7 rings (SSSR count). The topological polar surface area (TPSA) is 165 Å². The van der Waals surface area contributed by atoms with Crippen LogP contribution in [0.2, 0.25) is 5.02 Å². The maximum absolute atomic E-state index is 13.3. The van der Waals surface area contributed by atoms with Gasteiger partial charge in [-0.1, -0.05) is 42.6 Å². The van der Waals surface area contributed by atoms with Gasteiger partial charge in [-0.3, -0.25) is 43.7 Å². The number of hydrogen-bond acceptors (Lipinski definition) is 10. The molecule has 53 heavy (non-hydrogen) atoms. The molecule has 15 heteroatoms. The number of aliphatic imine (C=N–C) groups is 1. The van der Waals surface area contributed by atoms with Crippen molar-refractivity contribution in [1.29, 1.82) is 0 Å². The lowest BCUT2D eigenvalue weighted by atomic mass is 9.99. The first-order valence-electron chi connectivity index (χ1n) is 17.6. The van der Waals surface area contributed by atoms with E-state index in [0.717, 1.165) is 57.4 Å². The van der Waals surface area contributed by atoms with Gasteiger partial charge in [0.05, 0.1) is 29.9 Å². The van der Waals surface area contributed by atoms with Gasteiger partial charge in [0.15, 0.2) is 5.82 Å². The maximum Gasteiger partial charge on any atom is 0.266 e. The highest BCUT2D eigenvalue weighted by molar-refractivity contribution is 7.15. The van der Waals surface area contributed by atoms with Crippen LogP contribution < -0.4 is 15.4 Å². The summed E-state index contributed by atoms with van der Waals surface area (Å²) < 4.78 is 7.97. The van der Waals surface area contributed by atoms with Crippen LogP contribution in [0.1, 0.15) is 105 Å². The Hall–Kier alpha value is -5.21. The zero-order valence-corrected chi connectivity index (χ0v) is 31.1. The van der Waals surface area contributed by atoms with Gasteiger partial charge in [0, 0.05) is 34.0 Å². The van der Waals surface area contributed by atoms with E-state index in [9.17, 15) is 24.0 Å². The number of halogens is 1. The summed E-state index contributed by atoms with van der Waals surface area (Å²) in [5, 5.41) is 15.7. The van der Waals surface area contributed by atoms with Crippen LogP contribution in [-0.4, -0.2) is 74.1 Å². The van der Waals surface area contributed by atoms with Crippen molar-refractivity contribution in [1.82, 2.24) is 30.3 Å². The highest BCUT2D eigenvalue weighted by Gasteiger charge is 2.46.